The van der Waals surface area contributed by atoms with Gasteiger partial charge in [-0.05, 0) is 30.3 Å². The maximum absolute atomic E-state index is 5.26. The fourth-order valence-corrected chi connectivity index (χ4v) is 2.63. The van der Waals surface area contributed by atoms with E-state index in [4.69, 9.17) is 4.42 Å². The van der Waals surface area contributed by atoms with E-state index in [1.54, 1.807) is 24.9 Å². The first kappa shape index (κ1) is 15.1. The van der Waals surface area contributed by atoms with E-state index in [-0.39, 0.29) is 0 Å². The fourth-order valence-electron chi connectivity index (χ4n) is 2.63. The highest BCUT2D eigenvalue weighted by Gasteiger charge is 2.06. The lowest BCUT2D eigenvalue weighted by Gasteiger charge is -2.10. The zero-order chi connectivity index (χ0) is 17.1. The van der Waals surface area contributed by atoms with Crippen molar-refractivity contribution in [2.24, 2.45) is 0 Å². The molecule has 25 heavy (non-hydrogen) atoms. The number of hydrogen-bond acceptors (Lipinski definition) is 5. The third-order valence-electron chi connectivity index (χ3n) is 3.90. The average Bonchev–Trinajstić information content (AvgIpc) is 3.30. The van der Waals surface area contributed by atoms with Crippen molar-refractivity contribution in [1.29, 1.82) is 0 Å². The molecule has 0 spiro atoms. The molecule has 4 rings (SSSR count). The summed E-state index contributed by atoms with van der Waals surface area (Å²) in [6.07, 6.45) is 7.00. The van der Waals surface area contributed by atoms with Crippen molar-refractivity contribution in [3.05, 3.63) is 78.9 Å². The van der Waals surface area contributed by atoms with E-state index < -0.39 is 0 Å². The van der Waals surface area contributed by atoms with Crippen LogP contribution in [0.4, 0.5) is 5.69 Å². The largest absolute Gasteiger partial charge is 0.449 e. The molecule has 124 valence electrons. The van der Waals surface area contributed by atoms with Gasteiger partial charge in [0.2, 0.25) is 0 Å². The molecule has 0 saturated heterocycles. The molecular formula is C19H17N5O. The maximum Gasteiger partial charge on any atom is 0.191 e. The van der Waals surface area contributed by atoms with Crippen LogP contribution in [0, 0.1) is 6.92 Å². The van der Waals surface area contributed by atoms with E-state index in [2.05, 4.69) is 20.4 Å². The first-order valence-electron chi connectivity index (χ1n) is 7.99. The van der Waals surface area contributed by atoms with Gasteiger partial charge < -0.3 is 9.73 Å². The van der Waals surface area contributed by atoms with Crippen LogP contribution < -0.4 is 5.32 Å². The smallest absolute Gasteiger partial charge is 0.191 e. The SMILES string of the molecule is Cc1nc(-c2ccc(NCc3ccnn3-c3ccncc3)cc2)co1. The van der Waals surface area contributed by atoms with Crippen LogP contribution in [0.1, 0.15) is 11.6 Å². The van der Waals surface area contributed by atoms with Crippen LogP contribution in [0.2, 0.25) is 0 Å². The second-order valence-electron chi connectivity index (χ2n) is 5.62. The standard InChI is InChI=1S/C19H17N5O/c1-14-23-19(13-25-14)15-2-4-16(5-3-15)21-12-18-8-11-22-24(18)17-6-9-20-10-7-17/h2-11,13,21H,12H2,1H3. The van der Waals surface area contributed by atoms with Gasteiger partial charge in [-0.25, -0.2) is 9.67 Å². The summed E-state index contributed by atoms with van der Waals surface area (Å²) in [4.78, 5) is 8.38. The molecule has 3 aromatic heterocycles. The van der Waals surface area contributed by atoms with Gasteiger partial charge in [0.25, 0.3) is 0 Å². The normalized spacial score (nSPS) is 10.8. The van der Waals surface area contributed by atoms with E-state index in [0.717, 1.165) is 28.3 Å². The van der Waals surface area contributed by atoms with Crippen LogP contribution in [0.3, 0.4) is 0 Å². The van der Waals surface area contributed by atoms with Gasteiger partial charge in [0.15, 0.2) is 5.89 Å². The lowest BCUT2D eigenvalue weighted by Crippen LogP contribution is -2.07. The van der Waals surface area contributed by atoms with Crippen LogP contribution in [-0.2, 0) is 6.54 Å². The van der Waals surface area contributed by atoms with Crippen LogP contribution in [-0.4, -0.2) is 19.7 Å². The molecular weight excluding hydrogens is 314 g/mol. The van der Waals surface area contributed by atoms with E-state index in [0.29, 0.717) is 12.4 Å². The molecule has 0 radical (unpaired) electrons. The minimum Gasteiger partial charge on any atom is -0.449 e. The zero-order valence-corrected chi connectivity index (χ0v) is 13.8. The Balaban J connectivity index is 1.47. The van der Waals surface area contributed by atoms with Gasteiger partial charge in [0.05, 0.1) is 17.9 Å². The number of nitrogens with zero attached hydrogens (tertiary/aromatic N) is 4. The van der Waals surface area contributed by atoms with Crippen molar-refractivity contribution >= 4 is 5.69 Å². The Morgan fingerprint density at radius 2 is 1.80 bits per heavy atom. The summed E-state index contributed by atoms with van der Waals surface area (Å²) >= 11 is 0. The Morgan fingerprint density at radius 1 is 1.00 bits per heavy atom. The Bertz CT molecular complexity index is 957. The van der Waals surface area contributed by atoms with Gasteiger partial charge in [-0.1, -0.05) is 12.1 Å². The molecule has 3 heterocycles. The van der Waals surface area contributed by atoms with E-state index in [1.807, 2.05) is 54.1 Å². The summed E-state index contributed by atoms with van der Waals surface area (Å²) in [5.41, 5.74) is 4.98. The predicted octanol–water partition coefficient (Wildman–Crippen LogP) is 3.84. The van der Waals surface area contributed by atoms with Crippen LogP contribution >= 0.6 is 0 Å². The summed E-state index contributed by atoms with van der Waals surface area (Å²) in [5.74, 6) is 0.668. The summed E-state index contributed by atoms with van der Waals surface area (Å²) in [6.45, 7) is 2.51. The molecule has 6 heteroatoms. The third-order valence-corrected chi connectivity index (χ3v) is 3.90. The number of oxazole rings is 1. The number of rotatable bonds is 5. The van der Waals surface area contributed by atoms with Crippen molar-refractivity contribution in [3.8, 4) is 16.9 Å². The predicted molar refractivity (Wildman–Crippen MR) is 95.4 cm³/mol. The average molecular weight is 331 g/mol. The Kier molecular flexibility index (Phi) is 4.00. The van der Waals surface area contributed by atoms with Gasteiger partial charge >= 0.3 is 0 Å². The summed E-state index contributed by atoms with van der Waals surface area (Å²) in [6, 6.07) is 14.0. The minimum absolute atomic E-state index is 0.668. The lowest BCUT2D eigenvalue weighted by molar-refractivity contribution is 0.521. The molecule has 0 aliphatic heterocycles. The number of nitrogens with one attached hydrogen (secondary N) is 1. The second kappa shape index (κ2) is 6.60. The van der Waals surface area contributed by atoms with Crippen molar-refractivity contribution in [2.45, 2.75) is 13.5 Å². The van der Waals surface area contributed by atoms with Crippen molar-refractivity contribution in [3.63, 3.8) is 0 Å². The molecule has 0 saturated carbocycles. The molecule has 4 aromatic rings. The molecule has 0 atom stereocenters. The Morgan fingerprint density at radius 3 is 2.52 bits per heavy atom. The van der Waals surface area contributed by atoms with Crippen molar-refractivity contribution < 1.29 is 4.42 Å². The zero-order valence-electron chi connectivity index (χ0n) is 13.8. The van der Waals surface area contributed by atoms with E-state index in [9.17, 15) is 0 Å². The van der Waals surface area contributed by atoms with Crippen LogP contribution in [0.25, 0.3) is 16.9 Å². The quantitative estimate of drug-likeness (QED) is 0.602. The summed E-state index contributed by atoms with van der Waals surface area (Å²) in [5, 5.41) is 7.81. The van der Waals surface area contributed by atoms with Gasteiger partial charge in [0.1, 0.15) is 12.0 Å². The number of benzene rings is 1. The van der Waals surface area contributed by atoms with Gasteiger partial charge in [-0.3, -0.25) is 4.98 Å². The Labute approximate surface area is 145 Å². The van der Waals surface area contributed by atoms with Gasteiger partial charge in [-0.2, -0.15) is 5.10 Å². The molecule has 1 N–H and O–H groups in total. The molecule has 0 fully saturated rings. The number of pyridine rings is 1. The molecule has 0 aliphatic rings. The highest BCUT2D eigenvalue weighted by atomic mass is 16.3. The van der Waals surface area contributed by atoms with Crippen LogP contribution in [0.5, 0.6) is 0 Å². The van der Waals surface area contributed by atoms with Crippen molar-refractivity contribution in [2.75, 3.05) is 5.32 Å². The Hall–Kier alpha value is -3.41. The third kappa shape index (κ3) is 3.28. The van der Waals surface area contributed by atoms with Gasteiger partial charge in [-0.15, -0.1) is 0 Å². The van der Waals surface area contributed by atoms with E-state index >= 15 is 0 Å². The van der Waals surface area contributed by atoms with E-state index in [1.165, 1.54) is 0 Å². The van der Waals surface area contributed by atoms with Crippen LogP contribution in [0.15, 0.2) is 71.7 Å². The number of anilines is 1. The number of aromatic nitrogens is 4. The lowest BCUT2D eigenvalue weighted by atomic mass is 10.1. The van der Waals surface area contributed by atoms with Gasteiger partial charge in [0, 0.05) is 36.8 Å². The fraction of sp³-hybridized carbons (Fsp3) is 0.105. The highest BCUT2D eigenvalue weighted by Crippen LogP contribution is 2.21. The molecule has 0 aliphatic carbocycles. The topological polar surface area (TPSA) is 68.8 Å². The summed E-state index contributed by atoms with van der Waals surface area (Å²) < 4.78 is 7.16. The maximum atomic E-state index is 5.26. The van der Waals surface area contributed by atoms with Crippen molar-refractivity contribution in [1.82, 2.24) is 19.7 Å². The number of hydrogen-bond donors (Lipinski definition) is 1. The highest BCUT2D eigenvalue weighted by molar-refractivity contribution is 5.61. The molecule has 0 amide bonds. The monoisotopic (exact) mass is 331 g/mol. The first-order valence-corrected chi connectivity index (χ1v) is 7.99. The first-order chi connectivity index (χ1) is 12.3. The molecule has 6 nitrogen and oxygen atoms in total. The number of aryl methyl sites for hydroxylation is 1. The second-order valence-corrected chi connectivity index (χ2v) is 5.62. The molecule has 0 unspecified atom stereocenters. The minimum atomic E-state index is 0.668. The molecule has 0 bridgehead atoms. The molecule has 1 aromatic carbocycles. The summed E-state index contributed by atoms with van der Waals surface area (Å²) in [7, 11) is 0.